The predicted molar refractivity (Wildman–Crippen MR) is 246 cm³/mol. The van der Waals surface area contributed by atoms with Crippen LogP contribution in [-0.4, -0.2) is 24.3 Å². The third-order valence-corrected chi connectivity index (χ3v) is 13.5. The first-order valence-corrected chi connectivity index (χ1v) is 23.9. The zero-order valence-electron chi connectivity index (χ0n) is 36.0. The van der Waals surface area contributed by atoms with Crippen LogP contribution in [0.4, 0.5) is 22.7 Å². The molecular weight excluding hydrogens is 713 g/mol. The Kier molecular flexibility index (Phi) is 9.23. The van der Waals surface area contributed by atoms with Crippen molar-refractivity contribution in [2.45, 2.75) is 98.2 Å². The molecule has 3 heterocycles. The van der Waals surface area contributed by atoms with Gasteiger partial charge in [0.05, 0.1) is 30.5 Å². The van der Waals surface area contributed by atoms with Gasteiger partial charge in [-0.15, -0.1) is 0 Å². The van der Waals surface area contributed by atoms with Crippen molar-refractivity contribution in [2.75, 3.05) is 16.5 Å². The van der Waals surface area contributed by atoms with Gasteiger partial charge in [0, 0.05) is 40.5 Å². The van der Waals surface area contributed by atoms with E-state index >= 15 is 0 Å². The number of rotatable bonds is 6. The third kappa shape index (κ3) is 7.25. The van der Waals surface area contributed by atoms with E-state index in [1.54, 1.807) is 0 Å². The van der Waals surface area contributed by atoms with Crippen LogP contribution in [0.3, 0.4) is 0 Å². The standard InChI is InChI=1S/C51H58N4OSi/c1-49(2,3)34-25-26-52-47(30-34)55-44-21-16-22-46(57(10,11)12)48(44)41-24-23-40(32-45(41)55)56-39-18-15-17-37(31-39)53-33-54(43-20-14-13-19-42(43)53)38-28-35(50(4,5)6)27-36(29-38)51(7,8)9/h13-32H,33H2,1-12H3. The highest BCUT2D eigenvalue weighted by molar-refractivity contribution is 6.90. The zero-order valence-corrected chi connectivity index (χ0v) is 37.0. The van der Waals surface area contributed by atoms with Crippen LogP contribution >= 0.6 is 0 Å². The summed E-state index contributed by atoms with van der Waals surface area (Å²) in [7, 11) is -1.69. The molecule has 0 unspecified atom stereocenters. The molecule has 0 atom stereocenters. The minimum Gasteiger partial charge on any atom is -0.457 e. The fraction of sp³-hybridized carbons (Fsp3) is 0.314. The molecule has 7 aromatic rings. The summed E-state index contributed by atoms with van der Waals surface area (Å²) >= 11 is 0. The van der Waals surface area contributed by atoms with Crippen molar-refractivity contribution < 1.29 is 4.74 Å². The lowest BCUT2D eigenvalue weighted by Crippen LogP contribution is -2.37. The quantitative estimate of drug-likeness (QED) is 0.158. The molecule has 0 saturated carbocycles. The number of hydrogen-bond acceptors (Lipinski definition) is 4. The Morgan fingerprint density at radius 2 is 1.16 bits per heavy atom. The van der Waals surface area contributed by atoms with E-state index in [-0.39, 0.29) is 16.2 Å². The summed E-state index contributed by atoms with van der Waals surface area (Å²) in [6.45, 7) is 28.6. The summed E-state index contributed by atoms with van der Waals surface area (Å²) in [5.41, 5.74) is 11.0. The second-order valence-corrected chi connectivity index (χ2v) is 25.0. The van der Waals surface area contributed by atoms with Crippen LogP contribution in [0.2, 0.25) is 19.6 Å². The van der Waals surface area contributed by atoms with Gasteiger partial charge in [-0.05, 0) is 99.7 Å². The van der Waals surface area contributed by atoms with Crippen molar-refractivity contribution in [1.82, 2.24) is 9.55 Å². The van der Waals surface area contributed by atoms with Crippen molar-refractivity contribution in [3.05, 3.63) is 138 Å². The fourth-order valence-corrected chi connectivity index (χ4v) is 9.74. The van der Waals surface area contributed by atoms with Gasteiger partial charge in [0.2, 0.25) is 0 Å². The summed E-state index contributed by atoms with van der Waals surface area (Å²) < 4.78 is 9.13. The first kappa shape index (κ1) is 38.5. The molecule has 5 nitrogen and oxygen atoms in total. The summed E-state index contributed by atoms with van der Waals surface area (Å²) in [5, 5.41) is 4.01. The lowest BCUT2D eigenvalue weighted by atomic mass is 9.80. The number of benzene rings is 5. The van der Waals surface area contributed by atoms with Gasteiger partial charge in [-0.25, -0.2) is 4.98 Å². The highest BCUT2D eigenvalue weighted by Gasteiger charge is 2.31. The van der Waals surface area contributed by atoms with E-state index in [2.05, 4.69) is 212 Å². The first-order chi connectivity index (χ1) is 26.8. The molecule has 0 N–H and O–H groups in total. The molecule has 0 amide bonds. The van der Waals surface area contributed by atoms with Crippen molar-refractivity contribution >= 4 is 57.8 Å². The molecule has 5 aromatic carbocycles. The van der Waals surface area contributed by atoms with Gasteiger partial charge < -0.3 is 14.5 Å². The number of anilines is 4. The highest BCUT2D eigenvalue weighted by atomic mass is 28.3. The van der Waals surface area contributed by atoms with Gasteiger partial charge in [-0.1, -0.05) is 124 Å². The Bertz CT molecular complexity index is 2610. The van der Waals surface area contributed by atoms with Gasteiger partial charge in [-0.2, -0.15) is 0 Å². The van der Waals surface area contributed by atoms with Gasteiger partial charge in [-0.3, -0.25) is 4.57 Å². The zero-order chi connectivity index (χ0) is 40.7. The maximum absolute atomic E-state index is 6.79. The number of para-hydroxylation sites is 2. The van der Waals surface area contributed by atoms with E-state index in [0.717, 1.165) is 28.5 Å². The van der Waals surface area contributed by atoms with Gasteiger partial charge in [0.25, 0.3) is 0 Å². The van der Waals surface area contributed by atoms with Crippen LogP contribution in [0.25, 0.3) is 27.6 Å². The van der Waals surface area contributed by atoms with Gasteiger partial charge >= 0.3 is 0 Å². The molecule has 0 fully saturated rings. The van der Waals surface area contributed by atoms with Gasteiger partial charge in [0.1, 0.15) is 24.0 Å². The Balaban J connectivity index is 1.19. The molecule has 1 aliphatic heterocycles. The topological polar surface area (TPSA) is 33.5 Å². The van der Waals surface area contributed by atoms with E-state index in [0.29, 0.717) is 6.67 Å². The Morgan fingerprint density at radius 3 is 1.79 bits per heavy atom. The van der Waals surface area contributed by atoms with E-state index in [1.807, 2.05) is 6.20 Å². The van der Waals surface area contributed by atoms with Crippen molar-refractivity contribution in [3.63, 3.8) is 0 Å². The number of ether oxygens (including phenoxy) is 1. The molecule has 2 aromatic heterocycles. The Hall–Kier alpha value is -5.33. The van der Waals surface area contributed by atoms with Gasteiger partial charge in [0.15, 0.2) is 0 Å². The van der Waals surface area contributed by atoms with E-state index in [4.69, 9.17) is 9.72 Å². The van der Waals surface area contributed by atoms with E-state index in [1.165, 1.54) is 55.2 Å². The third-order valence-electron chi connectivity index (χ3n) is 11.5. The minimum atomic E-state index is -1.69. The van der Waals surface area contributed by atoms with E-state index in [9.17, 15) is 0 Å². The van der Waals surface area contributed by atoms with Crippen LogP contribution < -0.4 is 19.7 Å². The number of pyridine rings is 1. The molecule has 0 saturated heterocycles. The first-order valence-electron chi connectivity index (χ1n) is 20.4. The summed E-state index contributed by atoms with van der Waals surface area (Å²) in [6, 6.07) is 42.2. The van der Waals surface area contributed by atoms with Crippen molar-refractivity contribution in [1.29, 1.82) is 0 Å². The van der Waals surface area contributed by atoms with Crippen molar-refractivity contribution in [3.8, 4) is 17.3 Å². The smallest absolute Gasteiger partial charge is 0.137 e. The number of aromatic nitrogens is 2. The molecule has 0 aliphatic carbocycles. The molecular formula is C51H58N4OSi. The summed E-state index contributed by atoms with van der Waals surface area (Å²) in [5.74, 6) is 2.52. The molecule has 8 rings (SSSR count). The maximum atomic E-state index is 6.79. The Labute approximate surface area is 341 Å². The maximum Gasteiger partial charge on any atom is 0.137 e. The highest BCUT2D eigenvalue weighted by Crippen LogP contribution is 2.46. The Morgan fingerprint density at radius 1 is 0.544 bits per heavy atom. The molecule has 1 aliphatic rings. The molecule has 292 valence electrons. The number of fused-ring (bicyclic) bond motifs is 4. The van der Waals surface area contributed by atoms with Crippen LogP contribution in [0.5, 0.6) is 11.5 Å². The normalized spacial score (nSPS) is 13.8. The second kappa shape index (κ2) is 13.7. The predicted octanol–water partition coefficient (Wildman–Crippen LogP) is 13.7. The number of nitrogens with zero attached hydrogens (tertiary/aromatic N) is 4. The van der Waals surface area contributed by atoms with Crippen LogP contribution in [0, 0.1) is 0 Å². The van der Waals surface area contributed by atoms with Crippen LogP contribution in [0.15, 0.2) is 121 Å². The second-order valence-electron chi connectivity index (χ2n) is 20.0. The number of hydrogen-bond donors (Lipinski definition) is 0. The van der Waals surface area contributed by atoms with Crippen LogP contribution in [-0.2, 0) is 16.2 Å². The average Bonchev–Trinajstić information content (AvgIpc) is 3.69. The van der Waals surface area contributed by atoms with Crippen molar-refractivity contribution in [2.24, 2.45) is 0 Å². The SMILES string of the molecule is CC(C)(C)c1cc(N2CN(c3cccc(Oc4ccc5c6c([Si](C)(C)C)cccc6n(-c6cc(C(C)(C)C)ccn6)c5c4)c3)c3ccccc32)cc(C(C)(C)C)c1. The molecule has 6 heteroatoms. The molecule has 0 spiro atoms. The molecule has 57 heavy (non-hydrogen) atoms. The fourth-order valence-electron chi connectivity index (χ4n) is 8.13. The summed E-state index contributed by atoms with van der Waals surface area (Å²) in [4.78, 5) is 9.81. The monoisotopic (exact) mass is 770 g/mol. The minimum absolute atomic E-state index is 0.00205. The average molecular weight is 771 g/mol. The molecule has 0 bridgehead atoms. The van der Waals surface area contributed by atoms with E-state index < -0.39 is 8.07 Å². The largest absolute Gasteiger partial charge is 0.457 e. The van der Waals surface area contributed by atoms with Crippen LogP contribution in [0.1, 0.15) is 79.0 Å². The lowest BCUT2D eigenvalue weighted by molar-refractivity contribution is 0.483. The lowest BCUT2D eigenvalue weighted by Gasteiger charge is -2.29. The molecule has 0 radical (unpaired) electrons. The summed E-state index contributed by atoms with van der Waals surface area (Å²) in [6.07, 6.45) is 1.95.